The van der Waals surface area contributed by atoms with Crippen LogP contribution in [0.4, 0.5) is 0 Å². The Morgan fingerprint density at radius 3 is 2.36 bits per heavy atom. The monoisotopic (exact) mass is 177 g/mol. The van der Waals surface area contributed by atoms with E-state index in [0.29, 0.717) is 12.3 Å². The summed E-state index contributed by atoms with van der Waals surface area (Å²) in [4.78, 5) is 20.9. The molecule has 0 fully saturated rings. The summed E-state index contributed by atoms with van der Waals surface area (Å²) < 4.78 is 0. The summed E-state index contributed by atoms with van der Waals surface area (Å²) in [5.41, 5.74) is 0. The molecule has 0 aliphatic rings. The van der Waals surface area contributed by atoms with Gasteiger partial charge in [0.2, 0.25) is 0 Å². The van der Waals surface area contributed by atoms with E-state index < -0.39 is 11.9 Å². The molecule has 0 aliphatic heterocycles. The molecule has 0 aromatic heterocycles. The predicted octanol–water partition coefficient (Wildman–Crippen LogP) is -0.0395. The van der Waals surface area contributed by atoms with Crippen molar-refractivity contribution in [3.05, 3.63) is 0 Å². The fourth-order valence-corrected chi connectivity index (χ4v) is 0.923. The molecule has 0 rings (SSSR count). The van der Waals surface area contributed by atoms with Crippen molar-refractivity contribution in [2.75, 3.05) is 5.88 Å². The summed E-state index contributed by atoms with van der Waals surface area (Å²) in [5.74, 6) is -2.27. The molecule has 64 valence electrons. The molecular weight excluding hydrogens is 168 g/mol. The lowest BCUT2D eigenvalue weighted by Crippen LogP contribution is -2.35. The van der Waals surface area contributed by atoms with Crippen LogP contribution >= 0.6 is 11.6 Å². The van der Waals surface area contributed by atoms with Crippen LogP contribution in [-0.2, 0) is 9.59 Å². The lowest BCUT2D eigenvalue weighted by molar-refractivity contribution is -0.310. The Labute approximate surface area is 70.3 Å². The van der Waals surface area contributed by atoms with E-state index in [9.17, 15) is 14.7 Å². The number of alkyl halides is 1. The fraction of sp³-hybridized carbons (Fsp3) is 0.714. The minimum atomic E-state index is -1.30. The first kappa shape index (κ1) is 10.4. The topological polar surface area (TPSA) is 57.2 Å². The molecule has 0 heterocycles. The Bertz CT molecular complexity index is 142. The van der Waals surface area contributed by atoms with Crippen LogP contribution in [0.3, 0.4) is 0 Å². The highest BCUT2D eigenvalue weighted by Crippen LogP contribution is 2.07. The molecule has 0 N–H and O–H groups in total. The summed E-state index contributed by atoms with van der Waals surface area (Å²) in [6, 6.07) is 0. The Balaban J connectivity index is 3.90. The second-order valence-corrected chi connectivity index (χ2v) is 2.69. The van der Waals surface area contributed by atoms with Crippen molar-refractivity contribution in [3.8, 4) is 0 Å². The molecule has 0 spiro atoms. The molecule has 3 nitrogen and oxygen atoms in total. The zero-order valence-corrected chi connectivity index (χ0v) is 7.06. The highest BCUT2D eigenvalue weighted by Gasteiger charge is 2.13. The average molecular weight is 178 g/mol. The molecule has 0 aromatic rings. The molecule has 0 aliphatic carbocycles. The first-order chi connectivity index (χ1) is 5.09. The van der Waals surface area contributed by atoms with Gasteiger partial charge in [-0.25, -0.2) is 0 Å². The highest BCUT2D eigenvalue weighted by atomic mass is 35.5. The maximum atomic E-state index is 10.6. The van der Waals surface area contributed by atoms with Gasteiger partial charge in [0.15, 0.2) is 0 Å². The maximum absolute atomic E-state index is 10.6. The second kappa shape index (κ2) is 5.13. The molecule has 1 unspecified atom stereocenters. The molecular formula is C7H10ClO3-. The number of Topliss-reactive ketones (excluding diaryl/α,β-unsaturated/α-hetero) is 1. The number of hydrogen-bond acceptors (Lipinski definition) is 3. The van der Waals surface area contributed by atoms with Crippen molar-refractivity contribution in [2.24, 2.45) is 5.92 Å². The zero-order valence-electron chi connectivity index (χ0n) is 6.30. The van der Waals surface area contributed by atoms with E-state index in [2.05, 4.69) is 0 Å². The van der Waals surface area contributed by atoms with Crippen molar-refractivity contribution in [3.63, 3.8) is 0 Å². The van der Waals surface area contributed by atoms with Crippen LogP contribution in [0.2, 0.25) is 0 Å². The van der Waals surface area contributed by atoms with Crippen molar-refractivity contribution >= 4 is 23.4 Å². The van der Waals surface area contributed by atoms with Gasteiger partial charge < -0.3 is 9.90 Å². The third kappa shape index (κ3) is 3.98. The van der Waals surface area contributed by atoms with E-state index in [4.69, 9.17) is 11.6 Å². The van der Waals surface area contributed by atoms with Crippen molar-refractivity contribution < 1.29 is 14.7 Å². The third-order valence-corrected chi connectivity index (χ3v) is 1.67. The Morgan fingerprint density at radius 1 is 1.55 bits per heavy atom. The van der Waals surface area contributed by atoms with Crippen molar-refractivity contribution in [1.82, 2.24) is 0 Å². The van der Waals surface area contributed by atoms with Crippen LogP contribution in [0.5, 0.6) is 0 Å². The highest BCUT2D eigenvalue weighted by molar-refractivity contribution is 6.17. The molecule has 4 heteroatoms. The van der Waals surface area contributed by atoms with Crippen LogP contribution in [-0.4, -0.2) is 17.6 Å². The molecule has 0 saturated carbocycles. The van der Waals surface area contributed by atoms with Gasteiger partial charge in [-0.3, -0.25) is 4.79 Å². The number of carbonyl (C=O) groups is 2. The average Bonchev–Trinajstić information content (AvgIpc) is 1.87. The van der Waals surface area contributed by atoms with E-state index in [1.165, 1.54) is 6.92 Å². The molecule has 0 aromatic carbocycles. The van der Waals surface area contributed by atoms with Gasteiger partial charge in [0, 0.05) is 5.88 Å². The van der Waals surface area contributed by atoms with Gasteiger partial charge in [0.1, 0.15) is 5.78 Å². The number of rotatable bonds is 5. The Hall–Kier alpha value is -0.570. The van der Waals surface area contributed by atoms with Crippen LogP contribution in [0.25, 0.3) is 0 Å². The second-order valence-electron chi connectivity index (χ2n) is 2.31. The Morgan fingerprint density at radius 2 is 2.09 bits per heavy atom. The summed E-state index contributed by atoms with van der Waals surface area (Å²) in [6.07, 6.45) is 0.806. The normalized spacial score (nSPS) is 12.5. The van der Waals surface area contributed by atoms with Gasteiger partial charge in [-0.2, -0.15) is 0 Å². The molecule has 11 heavy (non-hydrogen) atoms. The molecule has 0 bridgehead atoms. The van der Waals surface area contributed by atoms with Crippen LogP contribution in [0.15, 0.2) is 0 Å². The van der Waals surface area contributed by atoms with Gasteiger partial charge >= 0.3 is 0 Å². The first-order valence-electron chi connectivity index (χ1n) is 3.37. The number of aliphatic carboxylic acids is 1. The van der Waals surface area contributed by atoms with Gasteiger partial charge in [0.25, 0.3) is 0 Å². The van der Waals surface area contributed by atoms with E-state index >= 15 is 0 Å². The third-order valence-electron chi connectivity index (χ3n) is 1.40. The zero-order chi connectivity index (χ0) is 8.85. The predicted molar refractivity (Wildman–Crippen MR) is 39.1 cm³/mol. The lowest BCUT2D eigenvalue weighted by Gasteiger charge is -2.12. The van der Waals surface area contributed by atoms with E-state index in [0.717, 1.165) is 0 Å². The summed E-state index contributed by atoms with van der Waals surface area (Å²) in [7, 11) is 0. The minimum absolute atomic E-state index is 0.279. The van der Waals surface area contributed by atoms with E-state index in [1.807, 2.05) is 0 Å². The number of carboxylic acids is 1. The van der Waals surface area contributed by atoms with Crippen molar-refractivity contribution in [2.45, 2.75) is 19.8 Å². The smallest absolute Gasteiger partial charge is 0.138 e. The van der Waals surface area contributed by atoms with Crippen molar-refractivity contribution in [1.29, 1.82) is 0 Å². The molecule has 0 amide bonds. The van der Waals surface area contributed by atoms with Crippen LogP contribution < -0.4 is 5.11 Å². The molecule has 0 radical (unpaired) electrons. The minimum Gasteiger partial charge on any atom is -0.549 e. The standard InChI is InChI=1S/C7H11ClO3/c1-5(9)6(7(10)11)3-2-4-8/h6H,2-4H2,1H3,(H,10,11)/p-1. The van der Waals surface area contributed by atoms with Crippen LogP contribution in [0, 0.1) is 5.92 Å². The first-order valence-corrected chi connectivity index (χ1v) is 3.90. The molecule has 0 saturated heterocycles. The van der Waals surface area contributed by atoms with Gasteiger partial charge in [-0.1, -0.05) is 0 Å². The molecule has 1 atom stereocenters. The van der Waals surface area contributed by atoms with Gasteiger partial charge in [-0.05, 0) is 19.8 Å². The SMILES string of the molecule is CC(=O)C(CCCCl)C(=O)[O-]. The number of carbonyl (C=O) groups excluding carboxylic acids is 2. The van der Waals surface area contributed by atoms with E-state index in [1.54, 1.807) is 0 Å². The van der Waals surface area contributed by atoms with Gasteiger partial charge in [-0.15, -0.1) is 11.6 Å². The maximum Gasteiger partial charge on any atom is 0.138 e. The number of carboxylic acid groups (broad SMARTS) is 1. The lowest BCUT2D eigenvalue weighted by atomic mass is 10.0. The largest absolute Gasteiger partial charge is 0.549 e. The Kier molecular flexibility index (Phi) is 4.86. The van der Waals surface area contributed by atoms with E-state index in [-0.39, 0.29) is 12.2 Å². The quantitative estimate of drug-likeness (QED) is 0.438. The summed E-state index contributed by atoms with van der Waals surface area (Å²) >= 11 is 5.33. The summed E-state index contributed by atoms with van der Waals surface area (Å²) in [6.45, 7) is 1.24. The number of hydrogen-bond donors (Lipinski definition) is 0. The summed E-state index contributed by atoms with van der Waals surface area (Å²) in [5, 5.41) is 10.3. The van der Waals surface area contributed by atoms with Gasteiger partial charge in [0.05, 0.1) is 11.9 Å². The number of ketones is 1. The number of halogens is 1. The van der Waals surface area contributed by atoms with Crippen LogP contribution in [0.1, 0.15) is 19.8 Å². The fourth-order valence-electron chi connectivity index (χ4n) is 0.768.